The Morgan fingerprint density at radius 3 is 2.35 bits per heavy atom. The number of para-hydroxylation sites is 1. The highest BCUT2D eigenvalue weighted by atomic mass is 19.1. The lowest BCUT2D eigenvalue weighted by Gasteiger charge is -2.25. The van der Waals surface area contributed by atoms with Crippen molar-refractivity contribution in [2.75, 3.05) is 19.7 Å². The van der Waals surface area contributed by atoms with Gasteiger partial charge in [-0.3, -0.25) is 24.0 Å². The van der Waals surface area contributed by atoms with E-state index in [0.717, 1.165) is 5.56 Å². The Hall–Kier alpha value is -5.26. The van der Waals surface area contributed by atoms with Crippen LogP contribution in [-0.2, 0) is 32.0 Å². The molecular formula is C37H44FN5O6. The Labute approximate surface area is 285 Å². The molecule has 3 aromatic carbocycles. The molecule has 0 bridgehead atoms. The summed E-state index contributed by atoms with van der Waals surface area (Å²) in [6.45, 7) is 4.25. The molecule has 0 fully saturated rings. The molecule has 1 aliphatic heterocycles. The van der Waals surface area contributed by atoms with E-state index in [0.29, 0.717) is 12.0 Å². The third-order valence-corrected chi connectivity index (χ3v) is 7.95. The number of halogens is 1. The molecule has 4 rings (SSSR count). The van der Waals surface area contributed by atoms with Gasteiger partial charge in [0.1, 0.15) is 29.7 Å². The van der Waals surface area contributed by atoms with E-state index in [2.05, 4.69) is 26.6 Å². The highest BCUT2D eigenvalue weighted by molar-refractivity contribution is 6.01. The summed E-state index contributed by atoms with van der Waals surface area (Å²) in [6, 6.07) is 18.7. The van der Waals surface area contributed by atoms with Crippen LogP contribution in [-0.4, -0.2) is 67.4 Å². The zero-order chi connectivity index (χ0) is 35.2. The van der Waals surface area contributed by atoms with Crippen LogP contribution in [0.2, 0.25) is 0 Å². The van der Waals surface area contributed by atoms with Gasteiger partial charge >= 0.3 is 0 Å². The first-order valence-electron chi connectivity index (χ1n) is 16.6. The zero-order valence-corrected chi connectivity index (χ0v) is 27.8. The summed E-state index contributed by atoms with van der Waals surface area (Å²) in [7, 11) is 0. The first kappa shape index (κ1) is 36.6. The lowest BCUT2D eigenvalue weighted by atomic mass is 10.0. The van der Waals surface area contributed by atoms with Crippen molar-refractivity contribution >= 4 is 29.5 Å². The average molecular weight is 674 g/mol. The Bertz CT molecular complexity index is 1600. The predicted octanol–water partition coefficient (Wildman–Crippen LogP) is 2.83. The second-order valence-electron chi connectivity index (χ2n) is 12.4. The molecule has 0 aromatic heterocycles. The van der Waals surface area contributed by atoms with Crippen LogP contribution >= 0.6 is 0 Å². The molecule has 5 N–H and O–H groups in total. The lowest BCUT2D eigenvalue weighted by molar-refractivity contribution is -0.133. The lowest BCUT2D eigenvalue weighted by Crippen LogP contribution is -2.56. The van der Waals surface area contributed by atoms with Crippen LogP contribution in [0, 0.1) is 11.7 Å². The topological polar surface area (TPSA) is 155 Å². The molecule has 0 radical (unpaired) electrons. The summed E-state index contributed by atoms with van der Waals surface area (Å²) in [4.78, 5) is 67.4. The van der Waals surface area contributed by atoms with Gasteiger partial charge in [0.25, 0.3) is 5.91 Å². The first-order chi connectivity index (χ1) is 23.6. The third-order valence-electron chi connectivity index (χ3n) is 7.95. The van der Waals surface area contributed by atoms with Crippen LogP contribution in [0.15, 0.2) is 78.9 Å². The minimum Gasteiger partial charge on any atom is -0.493 e. The normalized spacial score (nSPS) is 19.6. The summed E-state index contributed by atoms with van der Waals surface area (Å²) in [5, 5.41) is 13.7. The molecule has 1 heterocycles. The van der Waals surface area contributed by atoms with E-state index in [4.69, 9.17) is 4.74 Å². The maximum Gasteiger partial charge on any atom is 0.255 e. The first-order valence-corrected chi connectivity index (χ1v) is 16.6. The van der Waals surface area contributed by atoms with Crippen molar-refractivity contribution in [1.82, 2.24) is 26.6 Å². The van der Waals surface area contributed by atoms with Gasteiger partial charge in [0.2, 0.25) is 23.6 Å². The fourth-order valence-electron chi connectivity index (χ4n) is 5.43. The molecule has 260 valence electrons. The fraction of sp³-hybridized carbons (Fsp3) is 0.378. The van der Waals surface area contributed by atoms with Crippen molar-refractivity contribution < 1.29 is 33.1 Å². The minimum absolute atomic E-state index is 0.0102. The molecule has 5 amide bonds. The van der Waals surface area contributed by atoms with E-state index < -0.39 is 54.0 Å². The van der Waals surface area contributed by atoms with Gasteiger partial charge in [-0.1, -0.05) is 74.5 Å². The second-order valence-corrected chi connectivity index (χ2v) is 12.4. The molecule has 0 saturated heterocycles. The molecule has 0 aliphatic carbocycles. The number of fused-ring (bicyclic) bond motifs is 1. The monoisotopic (exact) mass is 673 g/mol. The third kappa shape index (κ3) is 11.4. The van der Waals surface area contributed by atoms with E-state index in [9.17, 15) is 28.4 Å². The van der Waals surface area contributed by atoms with Gasteiger partial charge in [0.15, 0.2) is 0 Å². The quantitative estimate of drug-likeness (QED) is 0.248. The van der Waals surface area contributed by atoms with Gasteiger partial charge in [0.05, 0.1) is 18.6 Å². The van der Waals surface area contributed by atoms with Gasteiger partial charge in [0, 0.05) is 19.5 Å². The van der Waals surface area contributed by atoms with E-state index in [1.165, 1.54) is 12.1 Å². The fourth-order valence-corrected chi connectivity index (χ4v) is 5.43. The SMILES string of the molecule is CC(C)C[C@H]1NC(=O)C[C@@H](C(=O)NCCc2ccccc2F)NC(=O)c2ccccc2OCCCNC(=O)[C@H](Cc2ccccc2)NC1=O. The van der Waals surface area contributed by atoms with Crippen LogP contribution in [0.1, 0.15) is 54.6 Å². The smallest absolute Gasteiger partial charge is 0.255 e. The summed E-state index contributed by atoms with van der Waals surface area (Å²) >= 11 is 0. The predicted molar refractivity (Wildman–Crippen MR) is 182 cm³/mol. The van der Waals surface area contributed by atoms with E-state index in [1.807, 2.05) is 44.2 Å². The summed E-state index contributed by atoms with van der Waals surface area (Å²) in [6.07, 6.45) is 0.596. The van der Waals surface area contributed by atoms with E-state index >= 15 is 0 Å². The molecule has 1 aliphatic rings. The van der Waals surface area contributed by atoms with Crippen LogP contribution in [0.4, 0.5) is 4.39 Å². The summed E-state index contributed by atoms with van der Waals surface area (Å²) < 4.78 is 20.0. The summed E-state index contributed by atoms with van der Waals surface area (Å²) in [5.74, 6) is -3.05. The number of hydrogen-bond acceptors (Lipinski definition) is 6. The van der Waals surface area contributed by atoms with Crippen LogP contribution in [0.3, 0.4) is 0 Å². The Morgan fingerprint density at radius 2 is 1.59 bits per heavy atom. The van der Waals surface area contributed by atoms with E-state index in [-0.39, 0.29) is 62.1 Å². The standard InChI is InChI=1S/C37H44FN5O6/c1-24(2)21-29-37(48)43-30(22-25-11-4-3-5-12-25)35(46)39-18-10-20-49-32-16-9-7-14-27(32)34(45)42-31(23-33(44)41-29)36(47)40-19-17-26-13-6-8-15-28(26)38/h3-9,11-16,24,29-31H,10,17-23H2,1-2H3,(H,39,46)(H,40,47)(H,41,44)(H,42,45)(H,43,48)/t29-,30+,31+/m1/s1. The van der Waals surface area contributed by atoms with E-state index in [1.54, 1.807) is 36.4 Å². The number of nitrogens with one attached hydrogen (secondary N) is 5. The Balaban J connectivity index is 1.59. The average Bonchev–Trinajstić information content (AvgIpc) is 3.08. The molecule has 0 spiro atoms. The summed E-state index contributed by atoms with van der Waals surface area (Å²) in [5.41, 5.74) is 1.40. The van der Waals surface area contributed by atoms with Crippen LogP contribution < -0.4 is 31.3 Å². The molecule has 11 nitrogen and oxygen atoms in total. The highest BCUT2D eigenvalue weighted by Gasteiger charge is 2.31. The van der Waals surface area contributed by atoms with Crippen molar-refractivity contribution in [3.63, 3.8) is 0 Å². The number of hydrogen-bond donors (Lipinski definition) is 5. The molecular weight excluding hydrogens is 629 g/mol. The van der Waals surface area contributed by atoms with Gasteiger partial charge in [-0.15, -0.1) is 0 Å². The largest absolute Gasteiger partial charge is 0.493 e. The van der Waals surface area contributed by atoms with Crippen molar-refractivity contribution in [2.45, 2.75) is 64.1 Å². The second kappa shape index (κ2) is 18.3. The van der Waals surface area contributed by atoms with Crippen molar-refractivity contribution in [2.24, 2.45) is 5.92 Å². The van der Waals surface area contributed by atoms with Gasteiger partial charge in [-0.2, -0.15) is 0 Å². The van der Waals surface area contributed by atoms with Crippen molar-refractivity contribution in [3.05, 3.63) is 101 Å². The molecule has 49 heavy (non-hydrogen) atoms. The number of benzene rings is 3. The number of ether oxygens (including phenoxy) is 1. The molecule has 3 aromatic rings. The molecule has 12 heteroatoms. The number of carbonyl (C=O) groups is 5. The Morgan fingerprint density at radius 1 is 0.878 bits per heavy atom. The Kier molecular flexibility index (Phi) is 13.7. The van der Waals surface area contributed by atoms with Crippen molar-refractivity contribution in [3.8, 4) is 5.75 Å². The van der Waals surface area contributed by atoms with Gasteiger partial charge in [-0.05, 0) is 54.5 Å². The van der Waals surface area contributed by atoms with Crippen LogP contribution in [0.25, 0.3) is 0 Å². The van der Waals surface area contributed by atoms with Crippen molar-refractivity contribution in [1.29, 1.82) is 0 Å². The maximum atomic E-state index is 14.2. The highest BCUT2D eigenvalue weighted by Crippen LogP contribution is 2.19. The van der Waals surface area contributed by atoms with Gasteiger partial charge < -0.3 is 31.3 Å². The molecule has 3 atom stereocenters. The zero-order valence-electron chi connectivity index (χ0n) is 27.8. The molecule has 0 saturated carbocycles. The minimum atomic E-state index is -1.33. The number of carbonyl (C=O) groups excluding carboxylic acids is 5. The maximum absolute atomic E-state index is 14.2. The van der Waals surface area contributed by atoms with Crippen LogP contribution in [0.5, 0.6) is 5.75 Å². The molecule has 0 unspecified atom stereocenters. The van der Waals surface area contributed by atoms with Gasteiger partial charge in [-0.25, -0.2) is 4.39 Å². The number of amides is 5. The number of rotatable bonds is 8.